The smallest absolute Gasteiger partial charge is 0.224 e. The highest BCUT2D eigenvalue weighted by atomic mass is 16.1. The van der Waals surface area contributed by atoms with Crippen LogP contribution in [0.5, 0.6) is 0 Å². The number of amides is 1. The number of nitrogens with one attached hydrogen (secondary N) is 2. The highest BCUT2D eigenvalue weighted by molar-refractivity contribution is 5.80. The summed E-state index contributed by atoms with van der Waals surface area (Å²) in [4.78, 5) is 19.9. The second-order valence-electron chi connectivity index (χ2n) is 5.40. The van der Waals surface area contributed by atoms with Crippen LogP contribution in [0, 0.1) is 5.41 Å². The first-order valence-electron chi connectivity index (χ1n) is 6.15. The van der Waals surface area contributed by atoms with Crippen LogP contribution in [-0.2, 0) is 4.79 Å². The third-order valence-electron chi connectivity index (χ3n) is 2.79. The molecule has 0 unspecified atom stereocenters. The summed E-state index contributed by atoms with van der Waals surface area (Å²) in [6, 6.07) is 1.68. The van der Waals surface area contributed by atoms with E-state index >= 15 is 0 Å². The third kappa shape index (κ3) is 4.06. The molecular weight excluding hydrogens is 244 g/mol. The van der Waals surface area contributed by atoms with Crippen molar-refractivity contribution in [3.63, 3.8) is 0 Å². The highest BCUT2D eigenvalue weighted by Gasteiger charge is 2.24. The number of nitrogen functional groups attached to an aromatic ring is 1. The average molecular weight is 266 g/mol. The van der Waals surface area contributed by atoms with Gasteiger partial charge in [0.15, 0.2) is 0 Å². The summed E-state index contributed by atoms with van der Waals surface area (Å²) < 4.78 is 0. The van der Waals surface area contributed by atoms with Crippen molar-refractivity contribution in [2.45, 2.75) is 33.6 Å². The van der Waals surface area contributed by atoms with E-state index in [9.17, 15) is 4.79 Å². The largest absolute Gasteiger partial charge is 0.369 e. The van der Waals surface area contributed by atoms with Gasteiger partial charge in [-0.1, -0.05) is 13.8 Å². The van der Waals surface area contributed by atoms with Crippen molar-refractivity contribution in [3.05, 3.63) is 11.9 Å². The summed E-state index contributed by atoms with van der Waals surface area (Å²) in [7, 11) is 0. The number of nitrogens with zero attached hydrogens (tertiary/aromatic N) is 2. The molecule has 7 heteroatoms. The number of carbonyl (C=O) groups excluding carboxylic acids is 1. The Bertz CT molecular complexity index is 458. The van der Waals surface area contributed by atoms with Crippen molar-refractivity contribution in [3.8, 4) is 0 Å². The Kier molecular flexibility index (Phi) is 4.66. The van der Waals surface area contributed by atoms with Crippen LogP contribution in [-0.4, -0.2) is 22.4 Å². The van der Waals surface area contributed by atoms with Gasteiger partial charge in [-0.25, -0.2) is 15.8 Å². The van der Waals surface area contributed by atoms with Gasteiger partial charge in [-0.2, -0.15) is 0 Å². The molecule has 0 aromatic carbocycles. The number of hydrazine groups is 1. The SMILES string of the molecule is CC(C)c1nc(NN)cc(NCC(C)(C)C(N)=O)n1. The molecule has 6 N–H and O–H groups in total. The second-order valence-corrected chi connectivity index (χ2v) is 5.40. The lowest BCUT2D eigenvalue weighted by Gasteiger charge is -2.21. The number of primary amides is 1. The Morgan fingerprint density at radius 2 is 1.95 bits per heavy atom. The molecular formula is C12H22N6O. The standard InChI is InChI=1S/C12H22N6O/c1-7(2)10-16-8(5-9(17-10)18-14)15-6-12(3,4)11(13)19/h5,7H,6,14H2,1-4H3,(H2,13,19)(H2,15,16,17,18). The molecule has 0 bridgehead atoms. The first kappa shape index (κ1) is 15.2. The Hall–Kier alpha value is -1.89. The number of rotatable bonds is 6. The summed E-state index contributed by atoms with van der Waals surface area (Å²) in [6.45, 7) is 7.92. The molecule has 19 heavy (non-hydrogen) atoms. The van der Waals surface area contributed by atoms with Crippen molar-refractivity contribution in [1.82, 2.24) is 9.97 Å². The van der Waals surface area contributed by atoms with Crippen molar-refractivity contribution < 1.29 is 4.79 Å². The van der Waals surface area contributed by atoms with Crippen molar-refractivity contribution in [1.29, 1.82) is 0 Å². The molecule has 0 fully saturated rings. The maximum atomic E-state index is 11.3. The lowest BCUT2D eigenvalue weighted by Crippen LogP contribution is -2.37. The van der Waals surface area contributed by atoms with Gasteiger partial charge in [0.05, 0.1) is 5.41 Å². The maximum Gasteiger partial charge on any atom is 0.224 e. The zero-order valence-electron chi connectivity index (χ0n) is 11.8. The van der Waals surface area contributed by atoms with Gasteiger partial charge >= 0.3 is 0 Å². The molecule has 0 radical (unpaired) electrons. The van der Waals surface area contributed by atoms with Gasteiger partial charge in [0, 0.05) is 18.5 Å². The Morgan fingerprint density at radius 3 is 2.42 bits per heavy atom. The number of hydrogen-bond donors (Lipinski definition) is 4. The van der Waals surface area contributed by atoms with E-state index in [4.69, 9.17) is 11.6 Å². The zero-order chi connectivity index (χ0) is 14.6. The summed E-state index contributed by atoms with van der Waals surface area (Å²) in [5.74, 6) is 7.00. The average Bonchev–Trinajstić information content (AvgIpc) is 2.35. The van der Waals surface area contributed by atoms with Crippen LogP contribution in [0.3, 0.4) is 0 Å². The Balaban J connectivity index is 2.89. The molecule has 1 heterocycles. The van der Waals surface area contributed by atoms with Crippen LogP contribution >= 0.6 is 0 Å². The minimum atomic E-state index is -0.654. The van der Waals surface area contributed by atoms with E-state index in [0.717, 1.165) is 0 Å². The topological polar surface area (TPSA) is 119 Å². The normalized spacial score (nSPS) is 11.5. The number of anilines is 2. The summed E-state index contributed by atoms with van der Waals surface area (Å²) in [5, 5.41) is 3.09. The molecule has 0 spiro atoms. The van der Waals surface area contributed by atoms with Gasteiger partial charge in [0.1, 0.15) is 17.5 Å². The third-order valence-corrected chi connectivity index (χ3v) is 2.79. The lowest BCUT2D eigenvalue weighted by atomic mass is 9.93. The minimum Gasteiger partial charge on any atom is -0.369 e. The molecule has 0 aliphatic carbocycles. The van der Waals surface area contributed by atoms with Crippen molar-refractivity contribution >= 4 is 17.5 Å². The molecule has 1 amide bonds. The van der Waals surface area contributed by atoms with E-state index in [1.165, 1.54) is 0 Å². The van der Waals surface area contributed by atoms with Crippen LogP contribution in [0.1, 0.15) is 39.4 Å². The molecule has 0 aliphatic heterocycles. The highest BCUT2D eigenvalue weighted by Crippen LogP contribution is 2.19. The number of aromatic nitrogens is 2. The van der Waals surface area contributed by atoms with Crippen LogP contribution in [0.15, 0.2) is 6.07 Å². The van der Waals surface area contributed by atoms with E-state index in [0.29, 0.717) is 24.0 Å². The number of nitrogens with two attached hydrogens (primary N) is 2. The summed E-state index contributed by atoms with van der Waals surface area (Å²) in [6.07, 6.45) is 0. The fourth-order valence-electron chi connectivity index (χ4n) is 1.29. The van der Waals surface area contributed by atoms with Gasteiger partial charge < -0.3 is 16.5 Å². The second kappa shape index (κ2) is 5.83. The van der Waals surface area contributed by atoms with Crippen LogP contribution in [0.4, 0.5) is 11.6 Å². The molecule has 0 saturated heterocycles. The van der Waals surface area contributed by atoms with E-state index in [1.54, 1.807) is 19.9 Å². The summed E-state index contributed by atoms with van der Waals surface area (Å²) >= 11 is 0. The predicted molar refractivity (Wildman–Crippen MR) is 75.4 cm³/mol. The van der Waals surface area contributed by atoms with E-state index < -0.39 is 5.41 Å². The molecule has 106 valence electrons. The summed E-state index contributed by atoms with van der Waals surface area (Å²) in [5.41, 5.74) is 7.17. The molecule has 0 atom stereocenters. The van der Waals surface area contributed by atoms with Gasteiger partial charge in [-0.05, 0) is 13.8 Å². The quantitative estimate of drug-likeness (QED) is 0.447. The molecule has 7 nitrogen and oxygen atoms in total. The lowest BCUT2D eigenvalue weighted by molar-refractivity contribution is -0.125. The van der Waals surface area contributed by atoms with Crippen LogP contribution in [0.25, 0.3) is 0 Å². The van der Waals surface area contributed by atoms with Gasteiger partial charge in [-0.15, -0.1) is 0 Å². The van der Waals surface area contributed by atoms with Crippen molar-refractivity contribution in [2.24, 2.45) is 17.0 Å². The van der Waals surface area contributed by atoms with Gasteiger partial charge in [-0.3, -0.25) is 4.79 Å². The predicted octanol–water partition coefficient (Wildman–Crippen LogP) is 0.809. The molecule has 1 aromatic rings. The van der Waals surface area contributed by atoms with Gasteiger partial charge in [0.2, 0.25) is 5.91 Å². The van der Waals surface area contributed by atoms with E-state index in [1.807, 2.05) is 13.8 Å². The number of hydrogen-bond acceptors (Lipinski definition) is 6. The van der Waals surface area contributed by atoms with Crippen molar-refractivity contribution in [2.75, 3.05) is 17.3 Å². The maximum absolute atomic E-state index is 11.3. The first-order valence-corrected chi connectivity index (χ1v) is 6.15. The molecule has 0 saturated carbocycles. The Labute approximate surface area is 113 Å². The van der Waals surface area contributed by atoms with Crippen LogP contribution < -0.4 is 22.3 Å². The Morgan fingerprint density at radius 1 is 1.37 bits per heavy atom. The zero-order valence-corrected chi connectivity index (χ0v) is 11.8. The number of carbonyl (C=O) groups is 1. The first-order chi connectivity index (χ1) is 8.76. The van der Waals surface area contributed by atoms with E-state index in [-0.39, 0.29) is 11.8 Å². The fraction of sp³-hybridized carbons (Fsp3) is 0.583. The fourth-order valence-corrected chi connectivity index (χ4v) is 1.29. The van der Waals surface area contributed by atoms with E-state index in [2.05, 4.69) is 20.7 Å². The molecule has 1 aromatic heterocycles. The molecule has 0 aliphatic rings. The monoisotopic (exact) mass is 266 g/mol. The van der Waals surface area contributed by atoms with Gasteiger partial charge in [0.25, 0.3) is 0 Å². The van der Waals surface area contributed by atoms with Crippen LogP contribution in [0.2, 0.25) is 0 Å². The minimum absolute atomic E-state index is 0.179. The molecule has 1 rings (SSSR count).